The number of hydrogen-bond donors (Lipinski definition) is 2. The molecule has 0 spiro atoms. The van der Waals surface area contributed by atoms with E-state index in [-0.39, 0.29) is 6.54 Å². The summed E-state index contributed by atoms with van der Waals surface area (Å²) in [4.78, 5) is -0.589. The standard InChI is InChI=1S/C9H12F2N2O2S/c1-6(5-12)13-16(14,15)9-3-2-7(10)4-8(9)11/h2-4,6,13H,5,12H2,1H3. The van der Waals surface area contributed by atoms with Crippen LogP contribution >= 0.6 is 0 Å². The Kier molecular flexibility index (Phi) is 3.95. The molecule has 0 saturated heterocycles. The van der Waals surface area contributed by atoms with Crippen LogP contribution < -0.4 is 10.5 Å². The second-order valence-corrected chi connectivity index (χ2v) is 5.02. The Labute approximate surface area is 92.5 Å². The fourth-order valence-electron chi connectivity index (χ4n) is 1.07. The summed E-state index contributed by atoms with van der Waals surface area (Å²) < 4.78 is 51.2. The molecule has 1 unspecified atom stereocenters. The minimum absolute atomic E-state index is 0.0854. The minimum atomic E-state index is -3.99. The van der Waals surface area contributed by atoms with Crippen LogP contribution in [0.2, 0.25) is 0 Å². The molecule has 90 valence electrons. The summed E-state index contributed by atoms with van der Waals surface area (Å²) in [6, 6.07) is 1.75. The highest BCUT2D eigenvalue weighted by atomic mass is 32.2. The Morgan fingerprint density at radius 1 is 1.44 bits per heavy atom. The van der Waals surface area contributed by atoms with E-state index in [0.717, 1.165) is 12.1 Å². The zero-order chi connectivity index (χ0) is 12.3. The molecule has 0 amide bonds. The van der Waals surface area contributed by atoms with Crippen LogP contribution in [0.1, 0.15) is 6.92 Å². The van der Waals surface area contributed by atoms with Gasteiger partial charge < -0.3 is 5.73 Å². The monoisotopic (exact) mass is 250 g/mol. The topological polar surface area (TPSA) is 72.2 Å². The van der Waals surface area contributed by atoms with Crippen molar-refractivity contribution in [3.8, 4) is 0 Å². The fraction of sp³-hybridized carbons (Fsp3) is 0.333. The van der Waals surface area contributed by atoms with Gasteiger partial charge >= 0.3 is 0 Å². The van der Waals surface area contributed by atoms with Gasteiger partial charge in [0.05, 0.1) is 0 Å². The Bertz CT molecular complexity index is 476. The van der Waals surface area contributed by atoms with Crippen molar-refractivity contribution in [1.82, 2.24) is 4.72 Å². The van der Waals surface area contributed by atoms with Crippen LogP contribution in [0.4, 0.5) is 8.78 Å². The number of hydrogen-bond acceptors (Lipinski definition) is 3. The molecule has 0 radical (unpaired) electrons. The summed E-state index contributed by atoms with van der Waals surface area (Å²) in [5.41, 5.74) is 5.24. The molecule has 0 bridgehead atoms. The van der Waals surface area contributed by atoms with Gasteiger partial charge in [0.15, 0.2) is 0 Å². The van der Waals surface area contributed by atoms with Crippen molar-refractivity contribution >= 4 is 10.0 Å². The molecule has 0 saturated carbocycles. The van der Waals surface area contributed by atoms with Gasteiger partial charge in [0.25, 0.3) is 0 Å². The predicted octanol–water partition coefficient (Wildman–Crippen LogP) is 0.590. The molecule has 16 heavy (non-hydrogen) atoms. The Balaban J connectivity index is 3.08. The quantitative estimate of drug-likeness (QED) is 0.821. The Morgan fingerprint density at radius 3 is 2.56 bits per heavy atom. The van der Waals surface area contributed by atoms with E-state index in [1.165, 1.54) is 0 Å². The maximum absolute atomic E-state index is 13.2. The number of rotatable bonds is 4. The highest BCUT2D eigenvalue weighted by molar-refractivity contribution is 7.89. The molecule has 0 aliphatic heterocycles. The van der Waals surface area contributed by atoms with Crippen molar-refractivity contribution in [2.75, 3.05) is 6.54 Å². The maximum Gasteiger partial charge on any atom is 0.243 e. The van der Waals surface area contributed by atoms with Crippen molar-refractivity contribution < 1.29 is 17.2 Å². The molecule has 0 heterocycles. The van der Waals surface area contributed by atoms with Gasteiger partial charge in [-0.15, -0.1) is 0 Å². The fourth-order valence-corrected chi connectivity index (χ4v) is 2.39. The van der Waals surface area contributed by atoms with E-state index in [0.29, 0.717) is 6.07 Å². The summed E-state index contributed by atoms with van der Waals surface area (Å²) in [5.74, 6) is -1.96. The van der Waals surface area contributed by atoms with Gasteiger partial charge in [-0.1, -0.05) is 0 Å². The molecular formula is C9H12F2N2O2S. The molecule has 0 aliphatic carbocycles. The maximum atomic E-state index is 13.2. The van der Waals surface area contributed by atoms with Crippen LogP contribution in [0.25, 0.3) is 0 Å². The lowest BCUT2D eigenvalue weighted by Crippen LogP contribution is -2.38. The van der Waals surface area contributed by atoms with Gasteiger partial charge in [0, 0.05) is 18.7 Å². The first-order chi connectivity index (χ1) is 7.36. The first kappa shape index (κ1) is 13.0. The molecule has 0 fully saturated rings. The average Bonchev–Trinajstić information content (AvgIpc) is 2.16. The molecule has 1 aromatic rings. The van der Waals surface area contributed by atoms with E-state index in [4.69, 9.17) is 5.73 Å². The Morgan fingerprint density at radius 2 is 2.06 bits per heavy atom. The van der Waals surface area contributed by atoms with Crippen molar-refractivity contribution in [2.45, 2.75) is 17.9 Å². The lowest BCUT2D eigenvalue weighted by Gasteiger charge is -2.12. The van der Waals surface area contributed by atoms with E-state index < -0.39 is 32.6 Å². The summed E-state index contributed by atoms with van der Waals surface area (Å²) >= 11 is 0. The first-order valence-corrected chi connectivity index (χ1v) is 6.02. The predicted molar refractivity (Wildman–Crippen MR) is 55.2 cm³/mol. The highest BCUT2D eigenvalue weighted by Crippen LogP contribution is 2.15. The van der Waals surface area contributed by atoms with Gasteiger partial charge in [0.1, 0.15) is 16.5 Å². The van der Waals surface area contributed by atoms with E-state index in [1.54, 1.807) is 6.92 Å². The first-order valence-electron chi connectivity index (χ1n) is 4.54. The number of nitrogens with two attached hydrogens (primary N) is 1. The summed E-state index contributed by atoms with van der Waals surface area (Å²) in [7, 11) is -3.99. The highest BCUT2D eigenvalue weighted by Gasteiger charge is 2.20. The summed E-state index contributed by atoms with van der Waals surface area (Å²) in [6.45, 7) is 1.63. The van der Waals surface area contributed by atoms with Gasteiger partial charge in [-0.25, -0.2) is 21.9 Å². The summed E-state index contributed by atoms with van der Waals surface area (Å²) in [5, 5.41) is 0. The van der Waals surface area contributed by atoms with Crippen molar-refractivity contribution in [3.63, 3.8) is 0 Å². The van der Waals surface area contributed by atoms with Crippen LogP contribution in [0.3, 0.4) is 0 Å². The van der Waals surface area contributed by atoms with E-state index in [2.05, 4.69) is 4.72 Å². The molecule has 3 N–H and O–H groups in total. The molecule has 1 aromatic carbocycles. The van der Waals surface area contributed by atoms with Crippen LogP contribution in [-0.2, 0) is 10.0 Å². The van der Waals surface area contributed by atoms with Gasteiger partial charge in [0.2, 0.25) is 10.0 Å². The lowest BCUT2D eigenvalue weighted by molar-refractivity contribution is 0.535. The van der Waals surface area contributed by atoms with Crippen LogP contribution in [-0.4, -0.2) is 21.0 Å². The largest absolute Gasteiger partial charge is 0.329 e. The Hall–Kier alpha value is -1.05. The molecule has 4 nitrogen and oxygen atoms in total. The third kappa shape index (κ3) is 2.97. The molecule has 1 rings (SSSR count). The van der Waals surface area contributed by atoms with Gasteiger partial charge in [-0.3, -0.25) is 0 Å². The second kappa shape index (κ2) is 4.86. The number of sulfonamides is 1. The zero-order valence-electron chi connectivity index (χ0n) is 8.57. The SMILES string of the molecule is CC(CN)NS(=O)(=O)c1ccc(F)cc1F. The third-order valence-electron chi connectivity index (χ3n) is 1.89. The van der Waals surface area contributed by atoms with Crippen molar-refractivity contribution in [1.29, 1.82) is 0 Å². The number of benzene rings is 1. The van der Waals surface area contributed by atoms with Crippen LogP contribution in [0, 0.1) is 11.6 Å². The molecule has 0 aliphatic rings. The number of halogens is 2. The van der Waals surface area contributed by atoms with Crippen molar-refractivity contribution in [2.24, 2.45) is 5.73 Å². The minimum Gasteiger partial charge on any atom is -0.329 e. The molecule has 0 aromatic heterocycles. The third-order valence-corrected chi connectivity index (χ3v) is 3.52. The molecule has 7 heteroatoms. The van der Waals surface area contributed by atoms with Crippen molar-refractivity contribution in [3.05, 3.63) is 29.8 Å². The molecule has 1 atom stereocenters. The van der Waals surface area contributed by atoms with Crippen LogP contribution in [0.15, 0.2) is 23.1 Å². The van der Waals surface area contributed by atoms with Gasteiger partial charge in [-0.2, -0.15) is 0 Å². The normalized spacial score (nSPS) is 13.8. The zero-order valence-corrected chi connectivity index (χ0v) is 9.39. The van der Waals surface area contributed by atoms with Gasteiger partial charge in [-0.05, 0) is 19.1 Å². The number of nitrogens with one attached hydrogen (secondary N) is 1. The smallest absolute Gasteiger partial charge is 0.243 e. The van der Waals surface area contributed by atoms with Crippen LogP contribution in [0.5, 0.6) is 0 Å². The lowest BCUT2D eigenvalue weighted by atomic mass is 10.3. The second-order valence-electron chi connectivity index (χ2n) is 3.33. The van der Waals surface area contributed by atoms with E-state index in [9.17, 15) is 17.2 Å². The summed E-state index contributed by atoms with van der Waals surface area (Å²) in [6.07, 6.45) is 0. The average molecular weight is 250 g/mol. The molecular weight excluding hydrogens is 238 g/mol. The van der Waals surface area contributed by atoms with E-state index >= 15 is 0 Å². The van der Waals surface area contributed by atoms with E-state index in [1.807, 2.05) is 0 Å².